The van der Waals surface area contributed by atoms with Gasteiger partial charge in [-0.15, -0.1) is 0 Å². The summed E-state index contributed by atoms with van der Waals surface area (Å²) < 4.78 is 41.2. The lowest BCUT2D eigenvalue weighted by Gasteiger charge is -2.18. The average molecular weight is 423 g/mol. The minimum atomic E-state index is -3.78. The molecule has 2 rings (SSSR count). The third-order valence-corrected chi connectivity index (χ3v) is 5.19. The summed E-state index contributed by atoms with van der Waals surface area (Å²) in [6.45, 7) is 2.54. The highest BCUT2D eigenvalue weighted by atomic mass is 32.2. The molecule has 0 heterocycles. The van der Waals surface area contributed by atoms with Crippen molar-refractivity contribution >= 4 is 21.5 Å². The van der Waals surface area contributed by atoms with Gasteiger partial charge in [0.15, 0.2) is 15.6 Å². The molecule has 0 aliphatic rings. The van der Waals surface area contributed by atoms with Crippen molar-refractivity contribution in [2.75, 3.05) is 32.3 Å². The number of carboxylic acids is 1. The summed E-state index contributed by atoms with van der Waals surface area (Å²) in [4.78, 5) is 11.3. The normalized spacial score (nSPS) is 11.0. The van der Waals surface area contributed by atoms with Gasteiger partial charge in [0.25, 0.3) is 0 Å². The van der Waals surface area contributed by atoms with Crippen molar-refractivity contribution in [3.63, 3.8) is 0 Å². The molecule has 2 N–H and O–H groups in total. The van der Waals surface area contributed by atoms with Gasteiger partial charge in [0, 0.05) is 31.0 Å². The number of carboxylic acid groups (broad SMARTS) is 1. The first-order valence-corrected chi connectivity index (χ1v) is 10.8. The lowest BCUT2D eigenvalue weighted by Crippen LogP contribution is -2.10. The minimum Gasteiger partial charge on any atom is -0.496 e. The molecule has 0 atom stereocenters. The fourth-order valence-electron chi connectivity index (χ4n) is 2.60. The van der Waals surface area contributed by atoms with E-state index in [4.69, 9.17) is 14.2 Å². The standard InChI is InChI=1S/C20H25NO7S/c1-5-6-7-21-17-8-13(20(22)23)9-18(29(4,24)25)19(17)28-16-11-14(26-2)10-15(12-16)27-3/h8-12,21H,5-7H2,1-4H3,(H,22,23). The number of sulfone groups is 1. The number of carbonyl (C=O) groups is 1. The first kappa shape index (κ1) is 22.4. The zero-order valence-corrected chi connectivity index (χ0v) is 17.6. The van der Waals surface area contributed by atoms with E-state index in [1.54, 1.807) is 18.2 Å². The number of methoxy groups -OCH3 is 2. The molecule has 0 bridgehead atoms. The highest BCUT2D eigenvalue weighted by molar-refractivity contribution is 7.90. The topological polar surface area (TPSA) is 111 Å². The Labute approximate surface area is 170 Å². The number of aromatic carboxylic acids is 1. The second-order valence-corrected chi connectivity index (χ2v) is 8.34. The van der Waals surface area contributed by atoms with Crippen molar-refractivity contribution in [2.45, 2.75) is 24.7 Å². The Morgan fingerprint density at radius 3 is 2.10 bits per heavy atom. The third-order valence-electron chi connectivity index (χ3n) is 4.09. The van der Waals surface area contributed by atoms with Gasteiger partial charge >= 0.3 is 5.97 Å². The lowest BCUT2D eigenvalue weighted by molar-refractivity contribution is 0.0696. The van der Waals surface area contributed by atoms with Crippen molar-refractivity contribution in [3.8, 4) is 23.0 Å². The molecular weight excluding hydrogens is 398 g/mol. The maximum absolute atomic E-state index is 12.4. The summed E-state index contributed by atoms with van der Waals surface area (Å²) in [6, 6.07) is 7.26. The van der Waals surface area contributed by atoms with Gasteiger partial charge in [0.05, 0.1) is 25.5 Å². The van der Waals surface area contributed by atoms with Crippen LogP contribution in [0.5, 0.6) is 23.0 Å². The molecule has 2 aromatic carbocycles. The maximum Gasteiger partial charge on any atom is 0.335 e. The van der Waals surface area contributed by atoms with E-state index in [-0.39, 0.29) is 27.6 Å². The molecule has 0 unspecified atom stereocenters. The van der Waals surface area contributed by atoms with Crippen LogP contribution in [0.1, 0.15) is 30.1 Å². The summed E-state index contributed by atoms with van der Waals surface area (Å²) in [7, 11) is -0.813. The minimum absolute atomic E-state index is 0.0175. The van der Waals surface area contributed by atoms with Crippen LogP contribution in [0.2, 0.25) is 0 Å². The predicted octanol–water partition coefficient (Wildman–Crippen LogP) is 3.81. The van der Waals surface area contributed by atoms with Crippen molar-refractivity contribution in [1.29, 1.82) is 0 Å². The van der Waals surface area contributed by atoms with Crippen molar-refractivity contribution in [2.24, 2.45) is 0 Å². The smallest absolute Gasteiger partial charge is 0.335 e. The molecule has 0 aliphatic heterocycles. The van der Waals surface area contributed by atoms with Crippen LogP contribution in [0, 0.1) is 0 Å². The average Bonchev–Trinajstić information content (AvgIpc) is 2.67. The Hall–Kier alpha value is -2.94. The number of hydrogen-bond acceptors (Lipinski definition) is 7. The summed E-state index contributed by atoms with van der Waals surface area (Å²) in [5.41, 5.74) is 0.126. The fraction of sp³-hybridized carbons (Fsp3) is 0.350. The summed E-state index contributed by atoms with van der Waals surface area (Å²) in [6.07, 6.45) is 2.73. The monoisotopic (exact) mass is 423 g/mol. The quantitative estimate of drug-likeness (QED) is 0.555. The van der Waals surface area contributed by atoms with E-state index in [2.05, 4.69) is 5.32 Å². The van der Waals surface area contributed by atoms with Crippen LogP contribution >= 0.6 is 0 Å². The number of nitrogens with one attached hydrogen (secondary N) is 1. The van der Waals surface area contributed by atoms with Crippen molar-refractivity contribution in [3.05, 3.63) is 35.9 Å². The largest absolute Gasteiger partial charge is 0.496 e. The number of benzene rings is 2. The Kier molecular flexibility index (Phi) is 7.33. The van der Waals surface area contributed by atoms with E-state index < -0.39 is 15.8 Å². The fourth-order valence-corrected chi connectivity index (χ4v) is 3.43. The van der Waals surface area contributed by atoms with Crippen LogP contribution in [0.25, 0.3) is 0 Å². The van der Waals surface area contributed by atoms with Gasteiger partial charge in [-0.25, -0.2) is 13.2 Å². The molecule has 0 fully saturated rings. The molecule has 0 aliphatic carbocycles. The molecule has 0 amide bonds. The first-order chi connectivity index (χ1) is 13.7. The molecule has 2 aromatic rings. The van der Waals surface area contributed by atoms with Gasteiger partial charge in [-0.2, -0.15) is 0 Å². The van der Waals surface area contributed by atoms with Gasteiger partial charge in [0.1, 0.15) is 22.1 Å². The van der Waals surface area contributed by atoms with Crippen LogP contribution in [0.4, 0.5) is 5.69 Å². The second-order valence-electron chi connectivity index (χ2n) is 6.36. The van der Waals surface area contributed by atoms with Gasteiger partial charge in [-0.05, 0) is 18.6 Å². The Bertz CT molecular complexity index is 964. The molecular formula is C20H25NO7S. The Morgan fingerprint density at radius 2 is 1.62 bits per heavy atom. The summed E-state index contributed by atoms with van der Waals surface area (Å²) in [5, 5.41) is 12.5. The van der Waals surface area contributed by atoms with Crippen LogP contribution in [-0.4, -0.2) is 46.5 Å². The highest BCUT2D eigenvalue weighted by Crippen LogP contribution is 2.39. The number of hydrogen-bond donors (Lipinski definition) is 2. The van der Waals surface area contributed by atoms with E-state index in [1.807, 2.05) is 6.92 Å². The molecule has 0 radical (unpaired) electrons. The molecule has 0 saturated carbocycles. The Balaban J connectivity index is 2.65. The number of anilines is 1. The Morgan fingerprint density at radius 1 is 1.03 bits per heavy atom. The second kappa shape index (κ2) is 9.51. The SMILES string of the molecule is CCCCNc1cc(C(=O)O)cc(S(C)(=O)=O)c1Oc1cc(OC)cc(OC)c1. The van der Waals surface area contributed by atoms with Crippen LogP contribution in [0.3, 0.4) is 0 Å². The van der Waals surface area contributed by atoms with Gasteiger partial charge in [0.2, 0.25) is 0 Å². The van der Waals surface area contributed by atoms with E-state index in [9.17, 15) is 18.3 Å². The van der Waals surface area contributed by atoms with Crippen LogP contribution in [-0.2, 0) is 9.84 Å². The van der Waals surface area contributed by atoms with Crippen molar-refractivity contribution < 1.29 is 32.5 Å². The number of ether oxygens (including phenoxy) is 3. The van der Waals surface area contributed by atoms with E-state index in [0.29, 0.717) is 18.0 Å². The van der Waals surface area contributed by atoms with Crippen LogP contribution < -0.4 is 19.5 Å². The zero-order valence-electron chi connectivity index (χ0n) is 16.8. The molecule has 158 valence electrons. The molecule has 29 heavy (non-hydrogen) atoms. The van der Waals surface area contributed by atoms with Gasteiger partial charge in [-0.3, -0.25) is 0 Å². The summed E-state index contributed by atoms with van der Waals surface area (Å²) in [5.74, 6) is -0.00882. The number of unbranched alkanes of at least 4 members (excludes halogenated alkanes) is 1. The molecule has 9 heteroatoms. The van der Waals surface area contributed by atoms with E-state index >= 15 is 0 Å². The maximum atomic E-state index is 12.4. The predicted molar refractivity (Wildman–Crippen MR) is 110 cm³/mol. The van der Waals surface area contributed by atoms with Gasteiger partial charge < -0.3 is 24.6 Å². The summed E-state index contributed by atoms with van der Waals surface area (Å²) >= 11 is 0. The number of rotatable bonds is 10. The first-order valence-electron chi connectivity index (χ1n) is 8.95. The molecule has 0 aromatic heterocycles. The molecule has 0 spiro atoms. The van der Waals surface area contributed by atoms with Crippen molar-refractivity contribution in [1.82, 2.24) is 0 Å². The lowest BCUT2D eigenvalue weighted by atomic mass is 10.1. The van der Waals surface area contributed by atoms with E-state index in [0.717, 1.165) is 25.2 Å². The molecule has 0 saturated heterocycles. The van der Waals surface area contributed by atoms with E-state index in [1.165, 1.54) is 20.3 Å². The highest BCUT2D eigenvalue weighted by Gasteiger charge is 2.23. The van der Waals surface area contributed by atoms with Crippen LogP contribution in [0.15, 0.2) is 35.2 Å². The molecule has 8 nitrogen and oxygen atoms in total. The van der Waals surface area contributed by atoms with Gasteiger partial charge in [-0.1, -0.05) is 13.3 Å². The zero-order chi connectivity index (χ0) is 21.6. The third kappa shape index (κ3) is 5.77.